The molecule has 1 aromatic heterocycles. The molecule has 2 N–H and O–H groups in total. The Kier molecular flexibility index (Phi) is 2.33. The molecule has 0 saturated heterocycles. The molecule has 2 aromatic rings. The molecule has 0 spiro atoms. The van der Waals surface area contributed by atoms with Crippen molar-refractivity contribution in [2.24, 2.45) is 5.73 Å². The van der Waals surface area contributed by atoms with E-state index in [-0.39, 0.29) is 0 Å². The van der Waals surface area contributed by atoms with E-state index in [1.165, 1.54) is 11.1 Å². The van der Waals surface area contributed by atoms with Crippen LogP contribution in [0.25, 0.3) is 5.69 Å². The minimum Gasteiger partial charge on any atom is -0.326 e. The highest BCUT2D eigenvalue weighted by Gasteiger charge is 1.99. The van der Waals surface area contributed by atoms with E-state index in [0.717, 1.165) is 5.69 Å². The summed E-state index contributed by atoms with van der Waals surface area (Å²) in [4.78, 5) is 0. The van der Waals surface area contributed by atoms with Crippen LogP contribution < -0.4 is 5.73 Å². The van der Waals surface area contributed by atoms with Crippen molar-refractivity contribution in [1.82, 2.24) is 9.78 Å². The van der Waals surface area contributed by atoms with Crippen LogP contribution >= 0.6 is 0 Å². The molecule has 0 aliphatic rings. The largest absolute Gasteiger partial charge is 0.326 e. The van der Waals surface area contributed by atoms with Crippen molar-refractivity contribution in [3.8, 4) is 5.69 Å². The zero-order valence-electron chi connectivity index (χ0n) is 8.14. The number of hydrogen-bond acceptors (Lipinski definition) is 2. The Morgan fingerprint density at radius 2 is 2.29 bits per heavy atom. The van der Waals surface area contributed by atoms with Crippen LogP contribution in [0.3, 0.4) is 0 Å². The number of aromatic nitrogens is 2. The Morgan fingerprint density at radius 1 is 1.43 bits per heavy atom. The minimum atomic E-state index is 0.589. The lowest BCUT2D eigenvalue weighted by Gasteiger charge is -2.06. The molecule has 1 heterocycles. The molecule has 0 fully saturated rings. The highest BCUT2D eigenvalue weighted by atomic mass is 15.3. The van der Waals surface area contributed by atoms with Crippen LogP contribution in [0, 0.1) is 6.92 Å². The van der Waals surface area contributed by atoms with Gasteiger partial charge >= 0.3 is 0 Å². The normalized spacial score (nSPS) is 10.4. The van der Waals surface area contributed by atoms with Crippen LogP contribution in [-0.2, 0) is 6.54 Å². The van der Waals surface area contributed by atoms with Gasteiger partial charge in [0.25, 0.3) is 0 Å². The fourth-order valence-electron chi connectivity index (χ4n) is 1.47. The predicted octanol–water partition coefficient (Wildman–Crippen LogP) is 1.64. The van der Waals surface area contributed by atoms with E-state index >= 15 is 0 Å². The molecule has 1 aromatic carbocycles. The predicted molar refractivity (Wildman–Crippen MR) is 56.2 cm³/mol. The Hall–Kier alpha value is -1.61. The Labute approximate surface area is 83.2 Å². The third kappa shape index (κ3) is 1.54. The summed E-state index contributed by atoms with van der Waals surface area (Å²) >= 11 is 0. The average Bonchev–Trinajstić information content (AvgIpc) is 2.70. The van der Waals surface area contributed by atoms with E-state index in [4.69, 9.17) is 5.73 Å². The van der Waals surface area contributed by atoms with Crippen molar-refractivity contribution < 1.29 is 0 Å². The Bertz CT molecular complexity index is 418. The van der Waals surface area contributed by atoms with E-state index in [2.05, 4.69) is 18.1 Å². The number of aryl methyl sites for hydroxylation is 1. The third-order valence-corrected chi connectivity index (χ3v) is 2.32. The first-order valence-corrected chi connectivity index (χ1v) is 4.61. The molecule has 3 nitrogen and oxygen atoms in total. The van der Waals surface area contributed by atoms with Gasteiger partial charge in [0, 0.05) is 18.9 Å². The summed E-state index contributed by atoms with van der Waals surface area (Å²) in [6, 6.07) is 8.08. The van der Waals surface area contributed by atoms with Crippen molar-refractivity contribution in [1.29, 1.82) is 0 Å². The molecule has 0 unspecified atom stereocenters. The van der Waals surface area contributed by atoms with Crippen molar-refractivity contribution >= 4 is 0 Å². The summed E-state index contributed by atoms with van der Waals surface area (Å²) in [7, 11) is 0. The second kappa shape index (κ2) is 3.64. The fraction of sp³-hybridized carbons (Fsp3) is 0.182. The maximum Gasteiger partial charge on any atom is 0.0648 e. The van der Waals surface area contributed by atoms with Gasteiger partial charge < -0.3 is 5.73 Å². The van der Waals surface area contributed by atoms with Gasteiger partial charge in [-0.2, -0.15) is 5.10 Å². The van der Waals surface area contributed by atoms with Crippen LogP contribution in [0.2, 0.25) is 0 Å². The van der Waals surface area contributed by atoms with Gasteiger partial charge in [-0.15, -0.1) is 0 Å². The van der Waals surface area contributed by atoms with Gasteiger partial charge in [-0.1, -0.05) is 6.07 Å². The second-order valence-electron chi connectivity index (χ2n) is 3.27. The summed E-state index contributed by atoms with van der Waals surface area (Å²) in [6.07, 6.45) is 3.70. The molecule has 0 aliphatic heterocycles. The molecular weight excluding hydrogens is 174 g/mol. The molecule has 0 saturated carbocycles. The maximum atomic E-state index is 5.60. The Balaban J connectivity index is 2.43. The zero-order chi connectivity index (χ0) is 9.97. The number of nitrogens with zero attached hydrogens (tertiary/aromatic N) is 2. The van der Waals surface area contributed by atoms with Crippen LogP contribution in [0.4, 0.5) is 0 Å². The van der Waals surface area contributed by atoms with Crippen molar-refractivity contribution in [2.45, 2.75) is 13.5 Å². The van der Waals surface area contributed by atoms with Crippen LogP contribution in [0.5, 0.6) is 0 Å². The molecule has 0 amide bonds. The van der Waals surface area contributed by atoms with E-state index < -0.39 is 0 Å². The summed E-state index contributed by atoms with van der Waals surface area (Å²) in [5, 5.41) is 4.17. The van der Waals surface area contributed by atoms with Crippen LogP contribution in [0.15, 0.2) is 36.7 Å². The van der Waals surface area contributed by atoms with Crippen LogP contribution in [0.1, 0.15) is 11.1 Å². The van der Waals surface area contributed by atoms with Crippen molar-refractivity contribution in [3.05, 3.63) is 47.8 Å². The first-order chi connectivity index (χ1) is 6.81. The molecule has 0 atom stereocenters. The topological polar surface area (TPSA) is 43.8 Å². The van der Waals surface area contributed by atoms with Gasteiger partial charge in [0.05, 0.1) is 5.69 Å². The third-order valence-electron chi connectivity index (χ3n) is 2.32. The van der Waals surface area contributed by atoms with E-state index in [0.29, 0.717) is 6.54 Å². The average molecular weight is 187 g/mol. The van der Waals surface area contributed by atoms with E-state index in [1.807, 2.05) is 29.1 Å². The number of benzene rings is 1. The summed E-state index contributed by atoms with van der Waals surface area (Å²) in [6.45, 7) is 2.65. The quantitative estimate of drug-likeness (QED) is 0.776. The number of rotatable bonds is 2. The second-order valence-corrected chi connectivity index (χ2v) is 3.27. The van der Waals surface area contributed by atoms with Gasteiger partial charge in [0.2, 0.25) is 0 Å². The maximum absolute atomic E-state index is 5.60. The molecule has 0 bridgehead atoms. The standard InChI is InChI=1S/C11H13N3/c1-9-7-11(4-3-10(9)8-12)14-6-2-5-13-14/h2-7H,8,12H2,1H3. The molecule has 0 aliphatic carbocycles. The monoisotopic (exact) mass is 187 g/mol. The van der Waals surface area contributed by atoms with Gasteiger partial charge in [-0.25, -0.2) is 4.68 Å². The molecular formula is C11H13N3. The molecule has 72 valence electrons. The SMILES string of the molecule is Cc1cc(-n2cccn2)ccc1CN. The van der Waals surface area contributed by atoms with Crippen LogP contribution in [-0.4, -0.2) is 9.78 Å². The summed E-state index contributed by atoms with van der Waals surface area (Å²) in [5.41, 5.74) is 9.06. The lowest BCUT2D eigenvalue weighted by Crippen LogP contribution is -2.01. The van der Waals surface area contributed by atoms with Gasteiger partial charge in [0.15, 0.2) is 0 Å². The number of hydrogen-bond donors (Lipinski definition) is 1. The lowest BCUT2D eigenvalue weighted by molar-refractivity contribution is 0.876. The fourth-order valence-corrected chi connectivity index (χ4v) is 1.47. The molecule has 2 rings (SSSR count). The first-order valence-electron chi connectivity index (χ1n) is 4.61. The number of nitrogens with two attached hydrogens (primary N) is 1. The van der Waals surface area contributed by atoms with Crippen molar-refractivity contribution in [3.63, 3.8) is 0 Å². The highest BCUT2D eigenvalue weighted by molar-refractivity contribution is 5.39. The zero-order valence-corrected chi connectivity index (χ0v) is 8.14. The van der Waals surface area contributed by atoms with Crippen molar-refractivity contribution in [2.75, 3.05) is 0 Å². The molecule has 0 radical (unpaired) electrons. The van der Waals surface area contributed by atoms with Gasteiger partial charge in [-0.05, 0) is 36.2 Å². The highest BCUT2D eigenvalue weighted by Crippen LogP contribution is 2.13. The minimum absolute atomic E-state index is 0.589. The smallest absolute Gasteiger partial charge is 0.0648 e. The van der Waals surface area contributed by atoms with Gasteiger partial charge in [0.1, 0.15) is 0 Å². The van der Waals surface area contributed by atoms with Gasteiger partial charge in [-0.3, -0.25) is 0 Å². The summed E-state index contributed by atoms with van der Waals surface area (Å²) in [5.74, 6) is 0. The molecule has 14 heavy (non-hydrogen) atoms. The van der Waals surface area contributed by atoms with E-state index in [9.17, 15) is 0 Å². The summed E-state index contributed by atoms with van der Waals surface area (Å²) < 4.78 is 1.84. The molecule has 3 heteroatoms. The lowest BCUT2D eigenvalue weighted by atomic mass is 10.1. The first kappa shape index (κ1) is 8.97. The van der Waals surface area contributed by atoms with E-state index in [1.54, 1.807) is 6.20 Å². The Morgan fingerprint density at radius 3 is 2.86 bits per heavy atom.